The minimum Gasteiger partial charge on any atom is -0.495 e. The molecule has 4 aromatic rings. The number of carbonyl (C=O) groups excluding carboxylic acids is 2. The maximum Gasteiger partial charge on any atom is 0.410 e. The van der Waals surface area contributed by atoms with Gasteiger partial charge in [0.15, 0.2) is 0 Å². The van der Waals surface area contributed by atoms with Crippen molar-refractivity contribution in [2.24, 2.45) is 10.8 Å². The SMILES string of the molecule is COc1ccccc1S(=O)(=O)N(Cc1ccc(-c2cccc(C#N)c2)cc1)Cc1ccc(C(F)(F)P(=O)(OCOC(=O)C(C)(C)C)OCOC(=O)C(C)(C)C)c(Cl)c1. The number of esters is 2. The van der Waals surface area contributed by atoms with Gasteiger partial charge in [0.05, 0.1) is 40.2 Å². The minimum atomic E-state index is -5.69. The van der Waals surface area contributed by atoms with E-state index in [0.29, 0.717) is 11.1 Å². The molecule has 0 atom stereocenters. The molecule has 0 bridgehead atoms. The maximum atomic E-state index is 16.3. The molecule has 0 saturated heterocycles. The molecular weight excluding hydrogens is 817 g/mol. The fourth-order valence-electron chi connectivity index (χ4n) is 5.15. The third kappa shape index (κ3) is 11.1. The molecule has 12 nitrogen and oxygen atoms in total. The molecule has 0 fully saturated rings. The number of ether oxygens (including phenoxy) is 3. The predicted octanol–water partition coefficient (Wildman–Crippen LogP) is 9.65. The number of benzene rings is 4. The molecule has 0 aromatic heterocycles. The second-order valence-corrected chi connectivity index (χ2v) is 19.4. The Balaban J connectivity index is 1.68. The number of hydrogen-bond acceptors (Lipinski definition) is 11. The number of hydrogen-bond donors (Lipinski definition) is 0. The molecule has 0 aliphatic carbocycles. The van der Waals surface area contributed by atoms with E-state index in [9.17, 15) is 27.8 Å². The molecule has 0 amide bonds. The molecule has 0 heterocycles. The van der Waals surface area contributed by atoms with Crippen LogP contribution in [0.3, 0.4) is 0 Å². The highest BCUT2D eigenvalue weighted by Crippen LogP contribution is 2.67. The normalized spacial score (nSPS) is 12.5. The van der Waals surface area contributed by atoms with Crippen LogP contribution >= 0.6 is 19.2 Å². The van der Waals surface area contributed by atoms with Crippen molar-refractivity contribution in [2.45, 2.75) is 65.2 Å². The van der Waals surface area contributed by atoms with E-state index < -0.39 is 70.2 Å². The van der Waals surface area contributed by atoms with Gasteiger partial charge >= 0.3 is 25.2 Å². The Morgan fingerprint density at radius 1 is 0.776 bits per heavy atom. The molecule has 17 heteroatoms. The summed E-state index contributed by atoms with van der Waals surface area (Å²) in [5, 5.41) is 8.68. The van der Waals surface area contributed by atoms with Gasteiger partial charge in [-0.3, -0.25) is 23.2 Å². The second-order valence-electron chi connectivity index (χ2n) is 15.0. The lowest BCUT2D eigenvalue weighted by atomic mass is 9.98. The number of methoxy groups -OCH3 is 1. The van der Waals surface area contributed by atoms with Crippen molar-refractivity contribution in [1.29, 1.82) is 5.26 Å². The fraction of sp³-hybridized carbons (Fsp3) is 0.341. The highest BCUT2D eigenvalue weighted by Gasteiger charge is 2.57. The van der Waals surface area contributed by atoms with Gasteiger partial charge in [-0.25, -0.2) is 8.42 Å². The second kappa shape index (κ2) is 18.5. The third-order valence-corrected chi connectivity index (χ3v) is 12.4. The number of halogens is 3. The van der Waals surface area contributed by atoms with Crippen molar-refractivity contribution in [2.75, 3.05) is 20.7 Å². The minimum absolute atomic E-state index is 0.0744. The van der Waals surface area contributed by atoms with Crippen molar-refractivity contribution in [3.8, 4) is 22.9 Å². The summed E-state index contributed by atoms with van der Waals surface area (Å²) in [5.41, 5.74) is -4.86. The Labute approximate surface area is 342 Å². The first-order valence-electron chi connectivity index (χ1n) is 17.7. The quantitative estimate of drug-likeness (QED) is 0.0600. The Bertz CT molecular complexity index is 2290. The summed E-state index contributed by atoms with van der Waals surface area (Å²) in [5.74, 6) is -1.62. The fourth-order valence-corrected chi connectivity index (χ4v) is 8.39. The largest absolute Gasteiger partial charge is 0.495 e. The number of rotatable bonds is 16. The maximum absolute atomic E-state index is 16.3. The Morgan fingerprint density at radius 2 is 1.33 bits per heavy atom. The summed E-state index contributed by atoms with van der Waals surface area (Å²) in [6, 6.07) is 25.2. The number of carbonyl (C=O) groups is 2. The number of nitriles is 1. The van der Waals surface area contributed by atoms with Gasteiger partial charge in [-0.1, -0.05) is 72.3 Å². The molecule has 310 valence electrons. The van der Waals surface area contributed by atoms with E-state index in [2.05, 4.69) is 6.07 Å². The van der Waals surface area contributed by atoms with Crippen LogP contribution in [0.4, 0.5) is 8.78 Å². The Hall–Kier alpha value is -4.68. The molecule has 0 unspecified atom stereocenters. The van der Waals surface area contributed by atoms with Gasteiger partial charge < -0.3 is 14.2 Å². The first kappa shape index (κ1) is 46.0. The van der Waals surface area contributed by atoms with E-state index in [1.807, 2.05) is 6.07 Å². The monoisotopic (exact) mass is 860 g/mol. The van der Waals surface area contributed by atoms with E-state index in [1.165, 1.54) is 72.9 Å². The number of nitrogens with zero attached hydrogens (tertiary/aromatic N) is 2. The van der Waals surface area contributed by atoms with Crippen molar-refractivity contribution in [3.05, 3.63) is 118 Å². The predicted molar refractivity (Wildman–Crippen MR) is 212 cm³/mol. The summed E-state index contributed by atoms with van der Waals surface area (Å²) in [4.78, 5) is 24.4. The highest BCUT2D eigenvalue weighted by atomic mass is 35.5. The zero-order valence-corrected chi connectivity index (χ0v) is 35.4. The van der Waals surface area contributed by atoms with Gasteiger partial charge in [0.1, 0.15) is 10.6 Å². The summed E-state index contributed by atoms with van der Waals surface area (Å²) >= 11 is 6.44. The topological polar surface area (TPSA) is 159 Å². The molecular formula is C41H44ClF2N2O10PS. The standard InChI is InChI=1S/C41H44ClF2N2O10PS/c1-39(2,3)37(47)53-26-55-57(49,56-27-54-38(48)40(4,5)6)41(43,44)33-20-17-30(22-34(33)42)25-46(58(50,51)36-14-9-8-13-35(36)52-7)24-28-15-18-31(19-16-28)32-12-10-11-29(21-32)23-45/h8-22H,24-27H2,1-7H3. The average Bonchev–Trinajstić information content (AvgIpc) is 3.16. The van der Waals surface area contributed by atoms with Crippen LogP contribution in [0.2, 0.25) is 5.02 Å². The lowest BCUT2D eigenvalue weighted by Gasteiger charge is -2.28. The van der Waals surface area contributed by atoms with E-state index in [4.69, 9.17) is 34.9 Å². The van der Waals surface area contributed by atoms with Crippen LogP contribution in [-0.2, 0) is 61.5 Å². The highest BCUT2D eigenvalue weighted by molar-refractivity contribution is 7.89. The third-order valence-electron chi connectivity index (χ3n) is 8.44. The smallest absolute Gasteiger partial charge is 0.410 e. The number of para-hydroxylation sites is 1. The summed E-state index contributed by atoms with van der Waals surface area (Å²) in [6.45, 7) is 6.09. The zero-order valence-electron chi connectivity index (χ0n) is 33.0. The van der Waals surface area contributed by atoms with Crippen LogP contribution in [0, 0.1) is 22.2 Å². The number of alkyl halides is 2. The van der Waals surface area contributed by atoms with E-state index in [0.717, 1.165) is 27.6 Å². The van der Waals surface area contributed by atoms with Gasteiger partial charge in [0.25, 0.3) is 0 Å². The number of sulfonamides is 1. The van der Waals surface area contributed by atoms with Crippen molar-refractivity contribution in [1.82, 2.24) is 4.31 Å². The van der Waals surface area contributed by atoms with Crippen LogP contribution in [0.1, 0.15) is 63.8 Å². The molecule has 4 aromatic carbocycles. The van der Waals surface area contributed by atoms with Gasteiger partial charge in [-0.2, -0.15) is 18.3 Å². The van der Waals surface area contributed by atoms with Crippen molar-refractivity contribution < 1.29 is 54.6 Å². The van der Waals surface area contributed by atoms with E-state index >= 15 is 8.78 Å². The van der Waals surface area contributed by atoms with Crippen molar-refractivity contribution in [3.63, 3.8) is 0 Å². The summed E-state index contributed by atoms with van der Waals surface area (Å²) < 4.78 is 101. The van der Waals surface area contributed by atoms with Crippen LogP contribution in [0.25, 0.3) is 11.1 Å². The first-order chi connectivity index (χ1) is 27.0. The summed E-state index contributed by atoms with van der Waals surface area (Å²) in [7, 11) is -8.69. The molecule has 0 saturated carbocycles. The molecule has 0 aliphatic rings. The molecule has 4 rings (SSSR count). The van der Waals surface area contributed by atoms with Crippen LogP contribution in [-0.4, -0.2) is 45.4 Å². The van der Waals surface area contributed by atoms with Gasteiger partial charge in [-0.15, -0.1) is 0 Å². The zero-order chi connectivity index (χ0) is 43.1. The van der Waals surface area contributed by atoms with E-state index in [1.54, 1.807) is 48.5 Å². The van der Waals surface area contributed by atoms with Crippen molar-refractivity contribution >= 4 is 41.2 Å². The molecule has 0 N–H and O–H groups in total. The van der Waals surface area contributed by atoms with Crippen LogP contribution in [0.5, 0.6) is 5.75 Å². The lowest BCUT2D eigenvalue weighted by Crippen LogP contribution is -2.30. The van der Waals surface area contributed by atoms with Gasteiger partial charge in [0, 0.05) is 13.1 Å². The Kier molecular flexibility index (Phi) is 14.7. The van der Waals surface area contributed by atoms with E-state index in [-0.39, 0.29) is 29.3 Å². The summed E-state index contributed by atoms with van der Waals surface area (Å²) in [6.07, 6.45) is 0. The Morgan fingerprint density at radius 3 is 1.86 bits per heavy atom. The molecule has 58 heavy (non-hydrogen) atoms. The lowest BCUT2D eigenvalue weighted by molar-refractivity contribution is -0.163. The molecule has 0 spiro atoms. The van der Waals surface area contributed by atoms with Gasteiger partial charge in [-0.05, 0) is 94.1 Å². The first-order valence-corrected chi connectivity index (χ1v) is 21.0. The van der Waals surface area contributed by atoms with Gasteiger partial charge in [0.2, 0.25) is 23.6 Å². The molecule has 0 aliphatic heterocycles. The average molecular weight is 861 g/mol. The van der Waals surface area contributed by atoms with Crippen LogP contribution in [0.15, 0.2) is 95.9 Å². The molecule has 0 radical (unpaired) electrons. The van der Waals surface area contributed by atoms with Crippen LogP contribution < -0.4 is 4.74 Å².